The van der Waals surface area contributed by atoms with Crippen molar-refractivity contribution in [3.05, 3.63) is 29.1 Å². The Morgan fingerprint density at radius 3 is 2.76 bits per heavy atom. The third-order valence-corrected chi connectivity index (χ3v) is 5.71. The number of nitrogens with two attached hydrogens (primary N) is 1. The molecule has 1 aliphatic heterocycles. The highest BCUT2D eigenvalue weighted by atomic mass is 32.2. The minimum absolute atomic E-state index is 0.0246. The Balaban J connectivity index is 2.31. The highest BCUT2D eigenvalue weighted by molar-refractivity contribution is 7.89. The van der Waals surface area contributed by atoms with Crippen molar-refractivity contribution in [3.63, 3.8) is 0 Å². The van der Waals surface area contributed by atoms with Gasteiger partial charge in [-0.1, -0.05) is 0 Å². The molecule has 1 aliphatic rings. The molecule has 7 heteroatoms. The molecule has 0 bridgehead atoms. The van der Waals surface area contributed by atoms with Crippen molar-refractivity contribution < 1.29 is 17.5 Å². The van der Waals surface area contributed by atoms with Crippen LogP contribution in [0.4, 0.5) is 4.39 Å². The van der Waals surface area contributed by atoms with Gasteiger partial charge in [0, 0.05) is 32.3 Å². The van der Waals surface area contributed by atoms with E-state index in [1.165, 1.54) is 30.4 Å². The number of nitrogens with zero attached hydrogens (tertiary/aromatic N) is 1. The largest absolute Gasteiger partial charge is 0.377 e. The summed E-state index contributed by atoms with van der Waals surface area (Å²) in [6, 6.07) is 2.72. The molecule has 1 unspecified atom stereocenters. The molecule has 0 saturated carbocycles. The van der Waals surface area contributed by atoms with Gasteiger partial charge in [0.25, 0.3) is 0 Å². The fourth-order valence-corrected chi connectivity index (χ4v) is 3.92. The lowest BCUT2D eigenvalue weighted by Gasteiger charge is -2.22. The monoisotopic (exact) mass is 316 g/mol. The second kappa shape index (κ2) is 6.39. The maximum Gasteiger partial charge on any atom is 0.243 e. The summed E-state index contributed by atoms with van der Waals surface area (Å²) in [5.41, 5.74) is 6.07. The third-order valence-electron chi connectivity index (χ3n) is 3.77. The molecule has 0 aliphatic carbocycles. The standard InChI is InChI=1S/C14H21FN2O3S/c1-10-13(15)6-11(8-16)7-14(10)21(18,19)17(2)9-12-4-3-5-20-12/h6-7,12H,3-5,8-9,16H2,1-2H3. The Bertz CT molecular complexity index is 613. The van der Waals surface area contributed by atoms with Crippen LogP contribution in [0.2, 0.25) is 0 Å². The van der Waals surface area contributed by atoms with Crippen LogP contribution >= 0.6 is 0 Å². The Labute approximate surface area is 124 Å². The molecule has 1 saturated heterocycles. The summed E-state index contributed by atoms with van der Waals surface area (Å²) in [6.45, 7) is 2.49. The summed E-state index contributed by atoms with van der Waals surface area (Å²) >= 11 is 0. The first-order valence-corrected chi connectivity index (χ1v) is 8.37. The zero-order valence-electron chi connectivity index (χ0n) is 12.3. The van der Waals surface area contributed by atoms with Crippen LogP contribution < -0.4 is 5.73 Å². The summed E-state index contributed by atoms with van der Waals surface area (Å²) in [7, 11) is -2.26. The molecule has 2 rings (SSSR count). The number of hydrogen-bond acceptors (Lipinski definition) is 4. The Morgan fingerprint density at radius 2 is 2.19 bits per heavy atom. The quantitative estimate of drug-likeness (QED) is 0.891. The zero-order chi connectivity index (χ0) is 15.6. The molecule has 0 spiro atoms. The lowest BCUT2D eigenvalue weighted by Crippen LogP contribution is -2.34. The lowest BCUT2D eigenvalue weighted by atomic mass is 10.1. The molecule has 1 aromatic rings. The normalized spacial score (nSPS) is 19.4. The summed E-state index contributed by atoms with van der Waals surface area (Å²) in [5.74, 6) is -0.554. The molecule has 0 amide bonds. The van der Waals surface area contributed by atoms with Crippen molar-refractivity contribution in [1.82, 2.24) is 4.31 Å². The van der Waals surface area contributed by atoms with Crippen molar-refractivity contribution in [2.45, 2.75) is 37.3 Å². The van der Waals surface area contributed by atoms with Crippen LogP contribution in [0.25, 0.3) is 0 Å². The van der Waals surface area contributed by atoms with Crippen molar-refractivity contribution in [2.75, 3.05) is 20.2 Å². The smallest absolute Gasteiger partial charge is 0.243 e. The van der Waals surface area contributed by atoms with Crippen molar-refractivity contribution in [3.8, 4) is 0 Å². The molecule has 21 heavy (non-hydrogen) atoms. The van der Waals surface area contributed by atoms with E-state index in [1.807, 2.05) is 0 Å². The minimum Gasteiger partial charge on any atom is -0.377 e. The van der Waals surface area contributed by atoms with E-state index in [1.54, 1.807) is 0 Å². The van der Waals surface area contributed by atoms with Gasteiger partial charge < -0.3 is 10.5 Å². The van der Waals surface area contributed by atoms with Crippen molar-refractivity contribution >= 4 is 10.0 Å². The van der Waals surface area contributed by atoms with E-state index >= 15 is 0 Å². The average Bonchev–Trinajstić information content (AvgIpc) is 2.94. The third kappa shape index (κ3) is 3.42. The topological polar surface area (TPSA) is 72.6 Å². The summed E-state index contributed by atoms with van der Waals surface area (Å²) in [4.78, 5) is -0.0246. The predicted molar refractivity (Wildman–Crippen MR) is 77.8 cm³/mol. The van der Waals surface area contributed by atoms with Crippen LogP contribution in [-0.2, 0) is 21.3 Å². The second-order valence-corrected chi connectivity index (χ2v) is 7.34. The minimum atomic E-state index is -3.75. The molecule has 0 aromatic heterocycles. The second-order valence-electron chi connectivity index (χ2n) is 5.33. The van der Waals surface area contributed by atoms with Crippen molar-refractivity contribution in [1.29, 1.82) is 0 Å². The van der Waals surface area contributed by atoms with Gasteiger partial charge in [-0.25, -0.2) is 12.8 Å². The number of sulfonamides is 1. The number of rotatable bonds is 5. The molecule has 1 fully saturated rings. The fourth-order valence-electron chi connectivity index (χ4n) is 2.43. The first-order chi connectivity index (χ1) is 9.86. The maximum absolute atomic E-state index is 13.9. The van der Waals surface area contributed by atoms with Crippen LogP contribution in [0.15, 0.2) is 17.0 Å². The van der Waals surface area contributed by atoms with E-state index < -0.39 is 15.8 Å². The van der Waals surface area contributed by atoms with Crippen LogP contribution in [0.1, 0.15) is 24.0 Å². The van der Waals surface area contributed by atoms with Gasteiger partial charge >= 0.3 is 0 Å². The van der Waals surface area contributed by atoms with Crippen LogP contribution in [0.5, 0.6) is 0 Å². The Kier molecular flexibility index (Phi) is 4.98. The fraction of sp³-hybridized carbons (Fsp3) is 0.571. The molecule has 1 aromatic carbocycles. The summed E-state index contributed by atoms with van der Waals surface area (Å²) in [5, 5.41) is 0. The number of benzene rings is 1. The molecule has 5 nitrogen and oxygen atoms in total. The number of halogens is 1. The van der Waals surface area contributed by atoms with Gasteiger partial charge in [0.2, 0.25) is 10.0 Å². The Hall–Kier alpha value is -1.02. The van der Waals surface area contributed by atoms with Crippen LogP contribution in [-0.4, -0.2) is 39.0 Å². The van der Waals surface area contributed by atoms with Gasteiger partial charge in [-0.2, -0.15) is 4.31 Å². The van der Waals surface area contributed by atoms with Crippen LogP contribution in [0.3, 0.4) is 0 Å². The van der Waals surface area contributed by atoms with Crippen molar-refractivity contribution in [2.24, 2.45) is 5.73 Å². The first kappa shape index (κ1) is 16.4. The lowest BCUT2D eigenvalue weighted by molar-refractivity contribution is 0.0979. The molecule has 1 heterocycles. The summed E-state index contributed by atoms with van der Waals surface area (Å²) in [6.07, 6.45) is 1.69. The van der Waals surface area contributed by atoms with Gasteiger partial charge in [0.05, 0.1) is 11.0 Å². The SMILES string of the molecule is Cc1c(F)cc(CN)cc1S(=O)(=O)N(C)CC1CCCO1. The summed E-state index contributed by atoms with van der Waals surface area (Å²) < 4.78 is 45.8. The molecular weight excluding hydrogens is 295 g/mol. The molecule has 118 valence electrons. The molecular formula is C14H21FN2O3S. The van der Waals surface area contributed by atoms with E-state index in [2.05, 4.69) is 0 Å². The number of hydrogen-bond donors (Lipinski definition) is 1. The highest BCUT2D eigenvalue weighted by Gasteiger charge is 2.28. The molecule has 0 radical (unpaired) electrons. The van der Waals surface area contributed by atoms with Gasteiger partial charge in [0.15, 0.2) is 0 Å². The van der Waals surface area contributed by atoms with E-state index in [-0.39, 0.29) is 29.7 Å². The van der Waals surface area contributed by atoms with Gasteiger partial charge in [0.1, 0.15) is 5.82 Å². The van der Waals surface area contributed by atoms with E-state index in [4.69, 9.17) is 10.5 Å². The van der Waals surface area contributed by atoms with E-state index in [9.17, 15) is 12.8 Å². The zero-order valence-corrected chi connectivity index (χ0v) is 13.1. The number of ether oxygens (including phenoxy) is 1. The Morgan fingerprint density at radius 1 is 1.48 bits per heavy atom. The van der Waals surface area contributed by atoms with Gasteiger partial charge in [-0.15, -0.1) is 0 Å². The van der Waals surface area contributed by atoms with Crippen LogP contribution in [0, 0.1) is 12.7 Å². The molecule has 1 atom stereocenters. The highest BCUT2D eigenvalue weighted by Crippen LogP contribution is 2.24. The van der Waals surface area contributed by atoms with E-state index in [0.29, 0.717) is 12.2 Å². The first-order valence-electron chi connectivity index (χ1n) is 6.93. The van der Waals surface area contributed by atoms with E-state index in [0.717, 1.165) is 12.8 Å². The number of likely N-dealkylation sites (N-methyl/N-ethyl adjacent to an activating group) is 1. The van der Waals surface area contributed by atoms with Gasteiger partial charge in [-0.3, -0.25) is 0 Å². The predicted octanol–water partition coefficient (Wildman–Crippen LogP) is 1.39. The molecule has 2 N–H and O–H groups in total. The average molecular weight is 316 g/mol. The maximum atomic E-state index is 13.9. The van der Waals surface area contributed by atoms with Gasteiger partial charge in [-0.05, 0) is 37.5 Å².